The van der Waals surface area contributed by atoms with E-state index in [2.05, 4.69) is 4.99 Å². The van der Waals surface area contributed by atoms with Crippen LogP contribution in [0, 0.1) is 5.41 Å². The van der Waals surface area contributed by atoms with Crippen molar-refractivity contribution >= 4 is 46.4 Å². The third-order valence-electron chi connectivity index (χ3n) is 4.53. The standard InChI is InChI=1S/C22H17N3O5S/c1-29-18-10-13(7-8-17(18)30-11-19(26)27)9-15-20(23)25-16(14-5-3-2-4-6-14)12-31-22(25)24-21(15)28/h2-10,12,23H,11H2,1H3,(H,26,27). The maximum atomic E-state index is 12.6. The number of carbonyl (C=O) groups is 2. The van der Waals surface area contributed by atoms with E-state index in [9.17, 15) is 9.59 Å². The molecule has 2 aromatic carbocycles. The molecule has 1 amide bonds. The smallest absolute Gasteiger partial charge is 0.341 e. The van der Waals surface area contributed by atoms with Gasteiger partial charge in [-0.3, -0.25) is 15.1 Å². The largest absolute Gasteiger partial charge is 0.493 e. The predicted octanol–water partition coefficient (Wildman–Crippen LogP) is 3.46. The van der Waals surface area contributed by atoms with Crippen LogP contribution < -0.4 is 9.47 Å². The average Bonchev–Trinajstić information content (AvgIpc) is 3.20. The summed E-state index contributed by atoms with van der Waals surface area (Å²) in [6.45, 7) is -0.501. The number of fused-ring (bicyclic) bond motifs is 1. The fraction of sp³-hybridized carbons (Fsp3) is 0.0909. The molecule has 0 fully saturated rings. The zero-order valence-electron chi connectivity index (χ0n) is 16.4. The molecule has 31 heavy (non-hydrogen) atoms. The minimum atomic E-state index is -1.10. The molecule has 8 nitrogen and oxygen atoms in total. The van der Waals surface area contributed by atoms with Crippen LogP contribution in [-0.2, 0) is 9.59 Å². The third-order valence-corrected chi connectivity index (χ3v) is 5.36. The Morgan fingerprint density at radius 1 is 1.23 bits per heavy atom. The highest BCUT2D eigenvalue weighted by Crippen LogP contribution is 2.37. The van der Waals surface area contributed by atoms with Crippen molar-refractivity contribution in [1.29, 1.82) is 5.41 Å². The Hall–Kier alpha value is -3.85. The number of amides is 1. The first kappa shape index (κ1) is 20.4. The molecular formula is C22H17N3O5S. The molecule has 2 aliphatic heterocycles. The first-order valence-corrected chi connectivity index (χ1v) is 10.0. The van der Waals surface area contributed by atoms with Crippen molar-refractivity contribution < 1.29 is 24.2 Å². The summed E-state index contributed by atoms with van der Waals surface area (Å²) in [4.78, 5) is 29.1. The summed E-state index contributed by atoms with van der Waals surface area (Å²) in [6, 6.07) is 14.4. The number of carboxylic acids is 1. The lowest BCUT2D eigenvalue weighted by Crippen LogP contribution is -2.38. The predicted molar refractivity (Wildman–Crippen MR) is 118 cm³/mol. The van der Waals surface area contributed by atoms with Crippen LogP contribution in [0.3, 0.4) is 0 Å². The number of carbonyl (C=O) groups excluding carboxylic acids is 1. The summed E-state index contributed by atoms with van der Waals surface area (Å²) in [5.41, 5.74) is 2.42. The van der Waals surface area contributed by atoms with Gasteiger partial charge in [0.25, 0.3) is 5.91 Å². The Bertz CT molecular complexity index is 1170. The highest BCUT2D eigenvalue weighted by molar-refractivity contribution is 8.17. The number of rotatable bonds is 6. The number of hydrogen-bond acceptors (Lipinski definition) is 6. The van der Waals surface area contributed by atoms with Gasteiger partial charge in [-0.15, -0.1) is 0 Å². The minimum Gasteiger partial charge on any atom is -0.493 e. The van der Waals surface area contributed by atoms with Gasteiger partial charge in [0.15, 0.2) is 23.3 Å². The Morgan fingerprint density at radius 2 is 2.00 bits per heavy atom. The second-order valence-electron chi connectivity index (χ2n) is 6.52. The van der Waals surface area contributed by atoms with Gasteiger partial charge in [0.05, 0.1) is 18.4 Å². The molecule has 9 heteroatoms. The third kappa shape index (κ3) is 4.08. The Labute approximate surface area is 182 Å². The number of benzene rings is 2. The highest BCUT2D eigenvalue weighted by atomic mass is 32.2. The topological polar surface area (TPSA) is 112 Å². The second kappa shape index (κ2) is 8.49. The van der Waals surface area contributed by atoms with E-state index < -0.39 is 18.5 Å². The minimum absolute atomic E-state index is 0.0280. The molecular weight excluding hydrogens is 418 g/mol. The van der Waals surface area contributed by atoms with E-state index in [1.165, 1.54) is 18.9 Å². The molecule has 2 heterocycles. The van der Waals surface area contributed by atoms with E-state index in [0.717, 1.165) is 11.3 Å². The number of thioether (sulfide) groups is 1. The van der Waals surface area contributed by atoms with Crippen LogP contribution in [0.1, 0.15) is 11.1 Å². The average molecular weight is 435 g/mol. The Kier molecular flexibility index (Phi) is 5.59. The van der Waals surface area contributed by atoms with Crippen LogP contribution in [0.25, 0.3) is 11.8 Å². The number of nitrogens with one attached hydrogen (secondary N) is 1. The molecule has 0 spiro atoms. The summed E-state index contributed by atoms with van der Waals surface area (Å²) in [7, 11) is 1.43. The molecule has 0 radical (unpaired) electrons. The molecule has 0 unspecified atom stereocenters. The van der Waals surface area contributed by atoms with E-state index in [4.69, 9.17) is 20.0 Å². The molecule has 156 valence electrons. The Morgan fingerprint density at radius 3 is 2.71 bits per heavy atom. The molecule has 2 aromatic rings. The van der Waals surface area contributed by atoms with Crippen molar-refractivity contribution in [3.8, 4) is 11.5 Å². The van der Waals surface area contributed by atoms with Crippen molar-refractivity contribution in [2.45, 2.75) is 0 Å². The van der Waals surface area contributed by atoms with Crippen molar-refractivity contribution in [3.63, 3.8) is 0 Å². The molecule has 0 saturated heterocycles. The SMILES string of the molecule is COc1cc(C=C2C(=N)N3C(c4ccccc4)=CSC3=NC2=O)ccc1OCC(=O)O. The van der Waals surface area contributed by atoms with Gasteiger partial charge < -0.3 is 14.6 Å². The number of carboxylic acid groups (broad SMARTS) is 1. The molecule has 0 atom stereocenters. The normalized spacial score (nSPS) is 16.7. The lowest BCUT2D eigenvalue weighted by Gasteiger charge is -2.27. The van der Waals surface area contributed by atoms with Crippen molar-refractivity contribution in [1.82, 2.24) is 4.90 Å². The van der Waals surface area contributed by atoms with Gasteiger partial charge in [-0.25, -0.2) is 4.79 Å². The van der Waals surface area contributed by atoms with Crippen LogP contribution in [0.15, 0.2) is 64.5 Å². The summed E-state index contributed by atoms with van der Waals surface area (Å²) >= 11 is 1.30. The molecule has 2 N–H and O–H groups in total. The number of aliphatic imine (C=N–C) groups is 1. The van der Waals surface area contributed by atoms with Crippen molar-refractivity contribution in [2.75, 3.05) is 13.7 Å². The number of amidine groups is 2. The molecule has 0 aliphatic carbocycles. The van der Waals surface area contributed by atoms with Crippen LogP contribution in [0.2, 0.25) is 0 Å². The van der Waals surface area contributed by atoms with E-state index >= 15 is 0 Å². The zero-order chi connectivity index (χ0) is 22.0. The van der Waals surface area contributed by atoms with Gasteiger partial charge in [0.2, 0.25) is 0 Å². The number of hydrogen-bond donors (Lipinski definition) is 2. The van der Waals surface area contributed by atoms with Crippen LogP contribution in [0.4, 0.5) is 0 Å². The van der Waals surface area contributed by atoms with Gasteiger partial charge in [0.1, 0.15) is 5.84 Å². The van der Waals surface area contributed by atoms with Crippen molar-refractivity contribution in [3.05, 3.63) is 70.6 Å². The first-order chi connectivity index (χ1) is 15.0. The molecule has 2 aliphatic rings. The number of aliphatic carboxylic acids is 1. The van der Waals surface area contributed by atoms with Gasteiger partial charge in [0, 0.05) is 5.41 Å². The molecule has 0 aromatic heterocycles. The fourth-order valence-electron chi connectivity index (χ4n) is 3.11. The van der Waals surface area contributed by atoms with Crippen LogP contribution in [0.5, 0.6) is 11.5 Å². The van der Waals surface area contributed by atoms with Gasteiger partial charge in [-0.05, 0) is 29.3 Å². The lowest BCUT2D eigenvalue weighted by atomic mass is 10.1. The lowest BCUT2D eigenvalue weighted by molar-refractivity contribution is -0.139. The molecule has 0 bridgehead atoms. The summed E-state index contributed by atoms with van der Waals surface area (Å²) < 4.78 is 10.5. The van der Waals surface area contributed by atoms with Gasteiger partial charge in [-0.2, -0.15) is 4.99 Å². The zero-order valence-corrected chi connectivity index (χ0v) is 17.2. The number of methoxy groups -OCH3 is 1. The monoisotopic (exact) mass is 435 g/mol. The van der Waals surface area contributed by atoms with E-state index in [1.807, 2.05) is 35.7 Å². The quantitative estimate of drug-likeness (QED) is 0.668. The highest BCUT2D eigenvalue weighted by Gasteiger charge is 2.36. The maximum absolute atomic E-state index is 12.6. The Balaban J connectivity index is 1.66. The number of ether oxygens (including phenoxy) is 2. The van der Waals surface area contributed by atoms with E-state index in [-0.39, 0.29) is 17.2 Å². The summed E-state index contributed by atoms with van der Waals surface area (Å²) in [6.07, 6.45) is 1.56. The van der Waals surface area contributed by atoms with Crippen molar-refractivity contribution in [2.24, 2.45) is 4.99 Å². The van der Waals surface area contributed by atoms with Crippen LogP contribution in [-0.4, -0.2) is 46.6 Å². The van der Waals surface area contributed by atoms with Gasteiger partial charge in [-0.1, -0.05) is 48.2 Å². The molecule has 4 rings (SSSR count). The van der Waals surface area contributed by atoms with Gasteiger partial charge >= 0.3 is 5.97 Å². The van der Waals surface area contributed by atoms with E-state index in [1.54, 1.807) is 29.2 Å². The van der Waals surface area contributed by atoms with Crippen LogP contribution >= 0.6 is 11.8 Å². The first-order valence-electron chi connectivity index (χ1n) is 9.16. The molecule has 0 saturated carbocycles. The fourth-order valence-corrected chi connectivity index (χ4v) is 4.00. The maximum Gasteiger partial charge on any atom is 0.341 e. The summed E-state index contributed by atoms with van der Waals surface area (Å²) in [5, 5.41) is 19.8. The van der Waals surface area contributed by atoms with E-state index in [0.29, 0.717) is 16.5 Å². The second-order valence-corrected chi connectivity index (χ2v) is 7.36. The summed E-state index contributed by atoms with van der Waals surface area (Å²) in [5.74, 6) is -0.996. The number of nitrogens with zero attached hydrogens (tertiary/aromatic N) is 2.